The first-order chi connectivity index (χ1) is 8.06. The summed E-state index contributed by atoms with van der Waals surface area (Å²) in [6.07, 6.45) is 3.91. The van der Waals surface area contributed by atoms with E-state index in [0.717, 1.165) is 11.3 Å². The van der Waals surface area contributed by atoms with Crippen LogP contribution in [-0.4, -0.2) is 21.3 Å². The van der Waals surface area contributed by atoms with Crippen molar-refractivity contribution in [3.05, 3.63) is 35.8 Å². The zero-order valence-electron chi connectivity index (χ0n) is 9.97. The summed E-state index contributed by atoms with van der Waals surface area (Å²) in [4.78, 5) is 15.7. The highest BCUT2D eigenvalue weighted by Crippen LogP contribution is 2.06. The number of nitrogens with two attached hydrogens (primary N) is 1. The molecule has 2 aromatic rings. The summed E-state index contributed by atoms with van der Waals surface area (Å²) < 4.78 is 1.95. The van der Waals surface area contributed by atoms with Gasteiger partial charge in [-0.1, -0.05) is 6.07 Å². The molecule has 5 heteroatoms. The van der Waals surface area contributed by atoms with Crippen molar-refractivity contribution in [2.75, 3.05) is 0 Å². The molecular formula is C12H16N4O. The minimum atomic E-state index is -0.491. The third-order valence-electron chi connectivity index (χ3n) is 2.51. The standard InChI is InChI=1S/C12H16N4O/c1-8-3-4-11-15-10(7-16(11)6-8)5-14-12(17)9(2)13/h3-4,6-7,9H,5,13H2,1-2H3,(H,14,17)/t9-/m1/s1. The van der Waals surface area contributed by atoms with Gasteiger partial charge in [0.15, 0.2) is 0 Å². The summed E-state index contributed by atoms with van der Waals surface area (Å²) in [5.41, 5.74) is 8.32. The largest absolute Gasteiger partial charge is 0.349 e. The smallest absolute Gasteiger partial charge is 0.236 e. The van der Waals surface area contributed by atoms with Gasteiger partial charge in [0.25, 0.3) is 0 Å². The summed E-state index contributed by atoms with van der Waals surface area (Å²) in [6.45, 7) is 4.08. The van der Waals surface area contributed by atoms with Crippen molar-refractivity contribution in [1.29, 1.82) is 0 Å². The van der Waals surface area contributed by atoms with Gasteiger partial charge in [-0.25, -0.2) is 4.98 Å². The van der Waals surface area contributed by atoms with Crippen molar-refractivity contribution in [2.45, 2.75) is 26.4 Å². The molecule has 0 aliphatic heterocycles. The molecule has 0 radical (unpaired) electrons. The molecule has 0 aliphatic carbocycles. The van der Waals surface area contributed by atoms with E-state index in [4.69, 9.17) is 5.73 Å². The van der Waals surface area contributed by atoms with E-state index in [1.165, 1.54) is 5.56 Å². The van der Waals surface area contributed by atoms with E-state index in [0.29, 0.717) is 6.54 Å². The zero-order valence-corrected chi connectivity index (χ0v) is 9.97. The molecule has 90 valence electrons. The lowest BCUT2D eigenvalue weighted by Gasteiger charge is -2.04. The van der Waals surface area contributed by atoms with E-state index in [2.05, 4.69) is 10.3 Å². The predicted octanol–water partition coefficient (Wildman–Crippen LogP) is 0.606. The maximum Gasteiger partial charge on any atom is 0.236 e. The fourth-order valence-corrected chi connectivity index (χ4v) is 1.58. The van der Waals surface area contributed by atoms with Gasteiger partial charge in [-0.15, -0.1) is 0 Å². The average molecular weight is 232 g/mol. The molecule has 2 heterocycles. The van der Waals surface area contributed by atoms with Gasteiger partial charge in [-0.05, 0) is 25.5 Å². The zero-order chi connectivity index (χ0) is 12.4. The summed E-state index contributed by atoms with van der Waals surface area (Å²) in [5.74, 6) is -0.168. The van der Waals surface area contributed by atoms with Crippen molar-refractivity contribution >= 4 is 11.6 Å². The molecule has 0 aliphatic rings. The third-order valence-corrected chi connectivity index (χ3v) is 2.51. The number of carbonyl (C=O) groups excluding carboxylic acids is 1. The Morgan fingerprint density at radius 2 is 2.29 bits per heavy atom. The molecule has 1 amide bonds. The van der Waals surface area contributed by atoms with Crippen LogP contribution in [0.2, 0.25) is 0 Å². The van der Waals surface area contributed by atoms with Crippen LogP contribution in [0.1, 0.15) is 18.2 Å². The van der Waals surface area contributed by atoms with E-state index in [9.17, 15) is 4.79 Å². The van der Waals surface area contributed by atoms with Gasteiger partial charge < -0.3 is 15.5 Å². The fourth-order valence-electron chi connectivity index (χ4n) is 1.58. The first kappa shape index (κ1) is 11.6. The highest BCUT2D eigenvalue weighted by Gasteiger charge is 2.07. The molecule has 5 nitrogen and oxygen atoms in total. The number of carbonyl (C=O) groups is 1. The molecule has 3 N–H and O–H groups in total. The minimum Gasteiger partial charge on any atom is -0.349 e. The molecule has 0 aromatic carbocycles. The molecule has 2 rings (SSSR count). The summed E-state index contributed by atoms with van der Waals surface area (Å²) in [7, 11) is 0. The van der Waals surface area contributed by atoms with Crippen molar-refractivity contribution in [1.82, 2.24) is 14.7 Å². The molecule has 0 unspecified atom stereocenters. The predicted molar refractivity (Wildman–Crippen MR) is 65.4 cm³/mol. The Bertz CT molecular complexity index is 544. The van der Waals surface area contributed by atoms with Crippen LogP contribution in [-0.2, 0) is 11.3 Å². The van der Waals surface area contributed by atoms with Crippen LogP contribution in [0.3, 0.4) is 0 Å². The van der Waals surface area contributed by atoms with Crippen LogP contribution < -0.4 is 11.1 Å². The number of hydrogen-bond donors (Lipinski definition) is 2. The van der Waals surface area contributed by atoms with Crippen LogP contribution >= 0.6 is 0 Å². The van der Waals surface area contributed by atoms with E-state index < -0.39 is 6.04 Å². The van der Waals surface area contributed by atoms with E-state index in [1.54, 1.807) is 6.92 Å². The lowest BCUT2D eigenvalue weighted by atomic mass is 10.3. The van der Waals surface area contributed by atoms with Crippen LogP contribution in [0.5, 0.6) is 0 Å². The second kappa shape index (κ2) is 4.55. The van der Waals surface area contributed by atoms with Crippen molar-refractivity contribution in [2.24, 2.45) is 5.73 Å². The lowest BCUT2D eigenvalue weighted by Crippen LogP contribution is -2.37. The number of fused-ring (bicyclic) bond motifs is 1. The first-order valence-electron chi connectivity index (χ1n) is 5.54. The quantitative estimate of drug-likeness (QED) is 0.814. The second-order valence-electron chi connectivity index (χ2n) is 4.21. The number of aryl methyl sites for hydroxylation is 1. The third kappa shape index (κ3) is 2.62. The van der Waals surface area contributed by atoms with Crippen molar-refractivity contribution < 1.29 is 4.79 Å². The van der Waals surface area contributed by atoms with Crippen LogP contribution in [0.25, 0.3) is 5.65 Å². The number of rotatable bonds is 3. The number of aromatic nitrogens is 2. The topological polar surface area (TPSA) is 72.4 Å². The molecule has 0 saturated carbocycles. The van der Waals surface area contributed by atoms with Gasteiger partial charge in [0.1, 0.15) is 5.65 Å². The Labute approximate surface area is 99.6 Å². The van der Waals surface area contributed by atoms with E-state index >= 15 is 0 Å². The Hall–Kier alpha value is -1.88. The van der Waals surface area contributed by atoms with Gasteiger partial charge >= 0.3 is 0 Å². The summed E-state index contributed by atoms with van der Waals surface area (Å²) in [6, 6.07) is 3.47. The lowest BCUT2D eigenvalue weighted by molar-refractivity contribution is -0.122. The second-order valence-corrected chi connectivity index (χ2v) is 4.21. The number of imidazole rings is 1. The molecule has 0 spiro atoms. The van der Waals surface area contributed by atoms with Gasteiger partial charge in [-0.3, -0.25) is 4.79 Å². The monoisotopic (exact) mass is 232 g/mol. The average Bonchev–Trinajstić information content (AvgIpc) is 2.67. The van der Waals surface area contributed by atoms with Crippen LogP contribution in [0.4, 0.5) is 0 Å². The highest BCUT2D eigenvalue weighted by atomic mass is 16.2. The number of hydrogen-bond acceptors (Lipinski definition) is 3. The van der Waals surface area contributed by atoms with E-state index in [-0.39, 0.29) is 5.91 Å². The highest BCUT2D eigenvalue weighted by molar-refractivity contribution is 5.80. The number of amides is 1. The van der Waals surface area contributed by atoms with Crippen molar-refractivity contribution in [3.8, 4) is 0 Å². The SMILES string of the molecule is Cc1ccc2nc(CNC(=O)[C@@H](C)N)cn2c1. The van der Waals surface area contributed by atoms with Gasteiger partial charge in [0, 0.05) is 12.4 Å². The van der Waals surface area contributed by atoms with Gasteiger partial charge in [-0.2, -0.15) is 0 Å². The van der Waals surface area contributed by atoms with Gasteiger partial charge in [0.05, 0.1) is 18.3 Å². The van der Waals surface area contributed by atoms with Gasteiger partial charge in [0.2, 0.25) is 5.91 Å². The Kier molecular flexibility index (Phi) is 3.10. The molecule has 0 saturated heterocycles. The number of nitrogens with zero attached hydrogens (tertiary/aromatic N) is 2. The Morgan fingerprint density at radius 3 is 3.00 bits per heavy atom. The number of pyridine rings is 1. The maximum atomic E-state index is 11.3. The Morgan fingerprint density at radius 1 is 1.53 bits per heavy atom. The molecular weight excluding hydrogens is 216 g/mol. The minimum absolute atomic E-state index is 0.168. The molecule has 17 heavy (non-hydrogen) atoms. The Balaban J connectivity index is 2.12. The molecule has 0 bridgehead atoms. The molecule has 1 atom stereocenters. The van der Waals surface area contributed by atoms with Crippen molar-refractivity contribution in [3.63, 3.8) is 0 Å². The van der Waals surface area contributed by atoms with E-state index in [1.807, 2.05) is 35.9 Å². The normalized spacial score (nSPS) is 12.6. The maximum absolute atomic E-state index is 11.3. The molecule has 0 fully saturated rings. The van der Waals surface area contributed by atoms with Crippen LogP contribution in [0.15, 0.2) is 24.5 Å². The number of nitrogens with one attached hydrogen (secondary N) is 1. The van der Waals surface area contributed by atoms with Crippen LogP contribution in [0, 0.1) is 6.92 Å². The fraction of sp³-hybridized carbons (Fsp3) is 0.333. The molecule has 2 aromatic heterocycles. The summed E-state index contributed by atoms with van der Waals surface area (Å²) in [5, 5.41) is 2.73. The first-order valence-corrected chi connectivity index (χ1v) is 5.54. The summed E-state index contributed by atoms with van der Waals surface area (Å²) >= 11 is 0.